The summed E-state index contributed by atoms with van der Waals surface area (Å²) in [5.74, 6) is 0.604. The van der Waals surface area contributed by atoms with E-state index < -0.39 is 0 Å². The van der Waals surface area contributed by atoms with Crippen molar-refractivity contribution in [2.75, 3.05) is 13.1 Å². The van der Waals surface area contributed by atoms with Gasteiger partial charge in [0.1, 0.15) is 17.3 Å². The quantitative estimate of drug-likeness (QED) is 0.779. The van der Waals surface area contributed by atoms with Crippen LogP contribution in [-0.4, -0.2) is 38.8 Å². The molecule has 128 valence electrons. The Hall–Kier alpha value is -2.76. The first kappa shape index (κ1) is 15.7. The van der Waals surface area contributed by atoms with E-state index in [2.05, 4.69) is 15.0 Å². The first-order valence-corrected chi connectivity index (χ1v) is 8.39. The van der Waals surface area contributed by atoms with Crippen molar-refractivity contribution in [1.82, 2.24) is 19.9 Å². The van der Waals surface area contributed by atoms with Crippen LogP contribution in [-0.2, 0) is 0 Å². The topological polar surface area (TPSA) is 61.9 Å². The number of carbonyl (C=O) groups is 1. The van der Waals surface area contributed by atoms with Gasteiger partial charge < -0.3 is 9.88 Å². The van der Waals surface area contributed by atoms with Crippen LogP contribution < -0.4 is 0 Å². The second kappa shape index (κ2) is 5.95. The Kier molecular flexibility index (Phi) is 3.75. The van der Waals surface area contributed by atoms with Crippen LogP contribution in [0.3, 0.4) is 0 Å². The van der Waals surface area contributed by atoms with Crippen LogP contribution in [0.2, 0.25) is 0 Å². The van der Waals surface area contributed by atoms with Crippen LogP contribution in [0.5, 0.6) is 0 Å². The number of nitrogens with one attached hydrogen (secondary N) is 1. The van der Waals surface area contributed by atoms with E-state index in [0.717, 1.165) is 34.4 Å². The monoisotopic (exact) mass is 338 g/mol. The first-order chi connectivity index (χ1) is 12.0. The number of amides is 1. The normalized spacial score (nSPS) is 17.4. The minimum absolute atomic E-state index is 0.0516. The van der Waals surface area contributed by atoms with Crippen molar-refractivity contribution in [2.45, 2.75) is 26.2 Å². The fourth-order valence-electron chi connectivity index (χ4n) is 3.49. The molecule has 0 bridgehead atoms. The second-order valence-electron chi connectivity index (χ2n) is 6.61. The van der Waals surface area contributed by atoms with Gasteiger partial charge in [-0.05, 0) is 50.1 Å². The molecule has 2 aromatic heterocycles. The smallest absolute Gasteiger partial charge is 0.270 e. The molecule has 1 N–H and O–H groups in total. The summed E-state index contributed by atoms with van der Waals surface area (Å²) in [5.41, 5.74) is 3.03. The SMILES string of the molecule is Cc1ccnc([C@H]2CCN(C(=O)c3[nH]c4ccc(F)cc4c3C)C2)n1. The molecule has 1 atom stereocenters. The second-order valence-corrected chi connectivity index (χ2v) is 6.61. The zero-order valence-corrected chi connectivity index (χ0v) is 14.2. The van der Waals surface area contributed by atoms with E-state index in [1.165, 1.54) is 12.1 Å². The van der Waals surface area contributed by atoms with E-state index in [1.807, 2.05) is 24.8 Å². The average Bonchev–Trinajstić information content (AvgIpc) is 3.20. The van der Waals surface area contributed by atoms with E-state index >= 15 is 0 Å². The van der Waals surface area contributed by atoms with Gasteiger partial charge >= 0.3 is 0 Å². The molecule has 1 aliphatic rings. The minimum Gasteiger partial charge on any atom is -0.350 e. The van der Waals surface area contributed by atoms with E-state index in [4.69, 9.17) is 0 Å². The third kappa shape index (κ3) is 2.77. The fourth-order valence-corrected chi connectivity index (χ4v) is 3.49. The average molecular weight is 338 g/mol. The molecule has 0 aliphatic carbocycles. The standard InChI is InChI=1S/C19H19FN4O/c1-11-5-7-21-18(22-11)13-6-8-24(10-13)19(25)17-12(2)15-9-14(20)3-4-16(15)23-17/h3-5,7,9,13,23H,6,8,10H2,1-2H3/t13-/m0/s1. The number of H-pyrrole nitrogens is 1. The molecule has 0 radical (unpaired) electrons. The third-order valence-electron chi connectivity index (χ3n) is 4.89. The lowest BCUT2D eigenvalue weighted by atomic mass is 10.1. The maximum Gasteiger partial charge on any atom is 0.270 e. The van der Waals surface area contributed by atoms with Gasteiger partial charge in [0.15, 0.2) is 0 Å². The van der Waals surface area contributed by atoms with E-state index in [-0.39, 0.29) is 17.6 Å². The summed E-state index contributed by atoms with van der Waals surface area (Å²) < 4.78 is 13.5. The number of aromatic nitrogens is 3. The van der Waals surface area contributed by atoms with Gasteiger partial charge in [0.05, 0.1) is 0 Å². The van der Waals surface area contributed by atoms with Crippen LogP contribution in [0.1, 0.15) is 39.9 Å². The Labute approximate surface area is 144 Å². The number of halogens is 1. The zero-order chi connectivity index (χ0) is 17.6. The molecule has 1 aromatic carbocycles. The number of hydrogen-bond donors (Lipinski definition) is 1. The molecule has 1 fully saturated rings. The fraction of sp³-hybridized carbons (Fsp3) is 0.316. The number of nitrogens with zero attached hydrogens (tertiary/aromatic N) is 3. The van der Waals surface area contributed by atoms with Crippen molar-refractivity contribution >= 4 is 16.8 Å². The summed E-state index contributed by atoms with van der Waals surface area (Å²) in [7, 11) is 0. The highest BCUT2D eigenvalue weighted by molar-refractivity contribution is 6.01. The molecule has 4 rings (SSSR count). The summed E-state index contributed by atoms with van der Waals surface area (Å²) >= 11 is 0. The van der Waals surface area contributed by atoms with Gasteiger partial charge in [0, 0.05) is 41.8 Å². The van der Waals surface area contributed by atoms with Gasteiger partial charge in [-0.2, -0.15) is 0 Å². The van der Waals surface area contributed by atoms with Gasteiger partial charge in [-0.1, -0.05) is 0 Å². The number of fused-ring (bicyclic) bond motifs is 1. The third-order valence-corrected chi connectivity index (χ3v) is 4.89. The molecule has 25 heavy (non-hydrogen) atoms. The number of rotatable bonds is 2. The summed E-state index contributed by atoms with van der Waals surface area (Å²) in [4.78, 5) is 26.7. The summed E-state index contributed by atoms with van der Waals surface area (Å²) in [5, 5.41) is 0.751. The molecule has 1 aliphatic heterocycles. The highest BCUT2D eigenvalue weighted by Crippen LogP contribution is 2.28. The lowest BCUT2D eigenvalue weighted by molar-refractivity contribution is 0.0785. The number of benzene rings is 1. The Bertz CT molecular complexity index is 965. The number of carbonyl (C=O) groups excluding carboxylic acids is 1. The zero-order valence-electron chi connectivity index (χ0n) is 14.2. The highest BCUT2D eigenvalue weighted by atomic mass is 19.1. The maximum atomic E-state index is 13.5. The van der Waals surface area contributed by atoms with Gasteiger partial charge in [0.25, 0.3) is 5.91 Å². The van der Waals surface area contributed by atoms with Crippen LogP contribution in [0, 0.1) is 19.7 Å². The van der Waals surface area contributed by atoms with Crippen molar-refractivity contribution in [3.63, 3.8) is 0 Å². The van der Waals surface area contributed by atoms with E-state index in [1.54, 1.807) is 12.3 Å². The molecule has 0 spiro atoms. The van der Waals surface area contributed by atoms with Gasteiger partial charge in [-0.3, -0.25) is 4.79 Å². The molecular formula is C19H19FN4O. The molecule has 6 heteroatoms. The Morgan fingerprint density at radius 2 is 2.16 bits per heavy atom. The molecule has 3 heterocycles. The Morgan fingerprint density at radius 3 is 2.96 bits per heavy atom. The predicted octanol–water partition coefficient (Wildman–Crippen LogP) is 3.34. The highest BCUT2D eigenvalue weighted by Gasteiger charge is 2.31. The molecule has 1 saturated heterocycles. The van der Waals surface area contributed by atoms with Crippen molar-refractivity contribution in [3.8, 4) is 0 Å². The Balaban J connectivity index is 1.59. The summed E-state index contributed by atoms with van der Waals surface area (Å²) in [6.45, 7) is 5.06. The van der Waals surface area contributed by atoms with Crippen LogP contribution in [0.15, 0.2) is 30.5 Å². The van der Waals surface area contributed by atoms with Crippen LogP contribution in [0.4, 0.5) is 4.39 Å². The molecule has 3 aromatic rings. The molecule has 0 unspecified atom stereocenters. The van der Waals surface area contributed by atoms with Gasteiger partial charge in [-0.25, -0.2) is 14.4 Å². The Morgan fingerprint density at radius 1 is 1.32 bits per heavy atom. The lowest BCUT2D eigenvalue weighted by Gasteiger charge is -2.16. The molecule has 1 amide bonds. The number of aryl methyl sites for hydroxylation is 2. The van der Waals surface area contributed by atoms with Crippen molar-refractivity contribution in [3.05, 3.63) is 59.1 Å². The largest absolute Gasteiger partial charge is 0.350 e. The molecule has 0 saturated carbocycles. The predicted molar refractivity (Wildman–Crippen MR) is 93.0 cm³/mol. The van der Waals surface area contributed by atoms with Crippen molar-refractivity contribution in [1.29, 1.82) is 0 Å². The van der Waals surface area contributed by atoms with Gasteiger partial charge in [-0.15, -0.1) is 0 Å². The van der Waals surface area contributed by atoms with Crippen LogP contribution >= 0.6 is 0 Å². The van der Waals surface area contributed by atoms with Gasteiger partial charge in [0.2, 0.25) is 0 Å². The summed E-state index contributed by atoms with van der Waals surface area (Å²) in [6.07, 6.45) is 2.61. The van der Waals surface area contributed by atoms with Crippen LogP contribution in [0.25, 0.3) is 10.9 Å². The van der Waals surface area contributed by atoms with Crippen molar-refractivity contribution in [2.24, 2.45) is 0 Å². The number of aromatic amines is 1. The molecule has 5 nitrogen and oxygen atoms in total. The molecular weight excluding hydrogens is 319 g/mol. The van der Waals surface area contributed by atoms with E-state index in [0.29, 0.717) is 18.8 Å². The number of likely N-dealkylation sites (tertiary alicyclic amines) is 1. The minimum atomic E-state index is -0.300. The van der Waals surface area contributed by atoms with E-state index in [9.17, 15) is 9.18 Å². The van der Waals surface area contributed by atoms with Crippen molar-refractivity contribution < 1.29 is 9.18 Å². The maximum absolute atomic E-state index is 13.5. The number of hydrogen-bond acceptors (Lipinski definition) is 3. The first-order valence-electron chi connectivity index (χ1n) is 8.39. The summed E-state index contributed by atoms with van der Waals surface area (Å²) in [6, 6.07) is 6.40. The lowest BCUT2D eigenvalue weighted by Crippen LogP contribution is -2.29.